The van der Waals surface area contributed by atoms with E-state index in [0.717, 1.165) is 47.8 Å². The van der Waals surface area contributed by atoms with Crippen LogP contribution < -0.4 is 10.6 Å². The van der Waals surface area contributed by atoms with Crippen LogP contribution in [0.25, 0.3) is 0 Å². The van der Waals surface area contributed by atoms with E-state index in [1.165, 1.54) is 6.54 Å². The third-order valence-electron chi connectivity index (χ3n) is 3.50. The van der Waals surface area contributed by atoms with Gasteiger partial charge in [0.2, 0.25) is 0 Å². The van der Waals surface area contributed by atoms with E-state index in [0.29, 0.717) is 13.2 Å². The van der Waals surface area contributed by atoms with Gasteiger partial charge in [-0.15, -0.1) is 11.3 Å². The molecular weight excluding hydrogens is 272 g/mol. The molecule has 6 heteroatoms. The number of nitrogens with zero attached hydrogens (tertiary/aromatic N) is 3. The number of hydrogen-bond acceptors (Lipinski definition) is 6. The number of piperazine rings is 1. The Morgan fingerprint density at radius 1 is 1.30 bits per heavy atom. The Hall–Kier alpha value is -0.690. The Bertz CT molecular complexity index is 413. The standard InChI is InChI=1S/C14H26N4OS/c1-11(2)9-17-4-6-18(7-5-17)14-16-12(10-19-3)13(8-15)20-14/h11H,4-10,15H2,1-3H3. The second-order valence-electron chi connectivity index (χ2n) is 5.68. The maximum Gasteiger partial charge on any atom is 0.185 e. The van der Waals surface area contributed by atoms with Gasteiger partial charge < -0.3 is 15.4 Å². The lowest BCUT2D eigenvalue weighted by atomic mass is 10.2. The number of hydrogen-bond donors (Lipinski definition) is 1. The van der Waals surface area contributed by atoms with E-state index < -0.39 is 0 Å². The molecule has 0 radical (unpaired) electrons. The van der Waals surface area contributed by atoms with Crippen LogP contribution in [-0.4, -0.2) is 49.7 Å². The largest absolute Gasteiger partial charge is 0.378 e. The molecule has 1 aliphatic rings. The molecule has 0 spiro atoms. The summed E-state index contributed by atoms with van der Waals surface area (Å²) in [7, 11) is 1.70. The molecule has 1 aliphatic heterocycles. The van der Waals surface area contributed by atoms with Gasteiger partial charge >= 0.3 is 0 Å². The summed E-state index contributed by atoms with van der Waals surface area (Å²) in [5.74, 6) is 0.735. The molecule has 1 saturated heterocycles. The van der Waals surface area contributed by atoms with Crippen LogP contribution in [0.5, 0.6) is 0 Å². The fraction of sp³-hybridized carbons (Fsp3) is 0.786. The fourth-order valence-electron chi connectivity index (χ4n) is 2.55. The highest BCUT2D eigenvalue weighted by Crippen LogP contribution is 2.27. The van der Waals surface area contributed by atoms with Crippen molar-refractivity contribution in [3.05, 3.63) is 10.6 Å². The number of anilines is 1. The lowest BCUT2D eigenvalue weighted by molar-refractivity contribution is 0.181. The number of methoxy groups -OCH3 is 1. The third-order valence-corrected chi connectivity index (χ3v) is 4.68. The summed E-state index contributed by atoms with van der Waals surface area (Å²) < 4.78 is 5.19. The number of nitrogens with two attached hydrogens (primary N) is 1. The molecule has 0 atom stereocenters. The molecule has 20 heavy (non-hydrogen) atoms. The van der Waals surface area contributed by atoms with E-state index in [1.807, 2.05) is 0 Å². The Morgan fingerprint density at radius 2 is 2.00 bits per heavy atom. The van der Waals surface area contributed by atoms with Crippen molar-refractivity contribution >= 4 is 16.5 Å². The van der Waals surface area contributed by atoms with Crippen molar-refractivity contribution < 1.29 is 4.74 Å². The molecular formula is C14H26N4OS. The van der Waals surface area contributed by atoms with Crippen LogP contribution in [0.4, 0.5) is 5.13 Å². The smallest absolute Gasteiger partial charge is 0.185 e. The molecule has 0 saturated carbocycles. The molecule has 0 bridgehead atoms. The van der Waals surface area contributed by atoms with Gasteiger partial charge in [-0.2, -0.15) is 0 Å². The van der Waals surface area contributed by atoms with Gasteiger partial charge in [0.05, 0.1) is 12.3 Å². The Balaban J connectivity index is 1.96. The minimum atomic E-state index is 0.545. The first-order chi connectivity index (χ1) is 9.63. The first kappa shape index (κ1) is 15.7. The predicted octanol–water partition coefficient (Wildman–Crippen LogP) is 1.53. The quantitative estimate of drug-likeness (QED) is 0.863. The topological polar surface area (TPSA) is 54.6 Å². The molecule has 114 valence electrons. The van der Waals surface area contributed by atoms with E-state index in [2.05, 4.69) is 23.6 Å². The zero-order valence-electron chi connectivity index (χ0n) is 12.8. The average Bonchev–Trinajstić information content (AvgIpc) is 2.82. The Kier molecular flexibility index (Phi) is 5.77. The van der Waals surface area contributed by atoms with Gasteiger partial charge in [-0.25, -0.2) is 4.98 Å². The van der Waals surface area contributed by atoms with Gasteiger partial charge in [0.15, 0.2) is 5.13 Å². The van der Waals surface area contributed by atoms with Crippen molar-refractivity contribution in [1.29, 1.82) is 0 Å². The van der Waals surface area contributed by atoms with Crippen molar-refractivity contribution in [2.24, 2.45) is 11.7 Å². The van der Waals surface area contributed by atoms with Crippen LogP contribution >= 0.6 is 11.3 Å². The fourth-order valence-corrected chi connectivity index (χ4v) is 3.55. The van der Waals surface area contributed by atoms with Crippen LogP contribution in [0, 0.1) is 5.92 Å². The van der Waals surface area contributed by atoms with E-state index in [9.17, 15) is 0 Å². The van der Waals surface area contributed by atoms with E-state index in [1.54, 1.807) is 18.4 Å². The second-order valence-corrected chi connectivity index (χ2v) is 6.75. The third kappa shape index (κ3) is 3.91. The van der Waals surface area contributed by atoms with Crippen LogP contribution in [0.2, 0.25) is 0 Å². The molecule has 2 rings (SSSR count). The maximum atomic E-state index is 5.79. The minimum Gasteiger partial charge on any atom is -0.378 e. The monoisotopic (exact) mass is 298 g/mol. The summed E-state index contributed by atoms with van der Waals surface area (Å²) in [6.07, 6.45) is 0. The molecule has 1 fully saturated rings. The van der Waals surface area contributed by atoms with Gasteiger partial charge in [-0.1, -0.05) is 13.8 Å². The maximum absolute atomic E-state index is 5.79. The summed E-state index contributed by atoms with van der Waals surface area (Å²) in [5, 5.41) is 1.10. The van der Waals surface area contributed by atoms with Crippen LogP contribution in [0.15, 0.2) is 0 Å². The molecule has 2 N–H and O–H groups in total. The second kappa shape index (κ2) is 7.36. The van der Waals surface area contributed by atoms with Crippen molar-refractivity contribution in [2.45, 2.75) is 27.0 Å². The lowest BCUT2D eigenvalue weighted by Crippen LogP contribution is -2.47. The number of aromatic nitrogens is 1. The van der Waals surface area contributed by atoms with Gasteiger partial charge in [-0.05, 0) is 5.92 Å². The van der Waals surface area contributed by atoms with Crippen molar-refractivity contribution in [1.82, 2.24) is 9.88 Å². The number of rotatable bonds is 6. The van der Waals surface area contributed by atoms with Crippen LogP contribution in [-0.2, 0) is 17.9 Å². The molecule has 0 amide bonds. The van der Waals surface area contributed by atoms with Crippen LogP contribution in [0.3, 0.4) is 0 Å². The average molecular weight is 298 g/mol. The summed E-state index contributed by atoms with van der Waals surface area (Å²) in [6.45, 7) is 11.2. The van der Waals surface area contributed by atoms with Gasteiger partial charge in [0.25, 0.3) is 0 Å². The van der Waals surface area contributed by atoms with E-state index >= 15 is 0 Å². The summed E-state index contributed by atoms with van der Waals surface area (Å²) >= 11 is 1.71. The summed E-state index contributed by atoms with van der Waals surface area (Å²) in [6, 6.07) is 0. The highest BCUT2D eigenvalue weighted by Gasteiger charge is 2.21. The van der Waals surface area contributed by atoms with Gasteiger partial charge in [0.1, 0.15) is 0 Å². The zero-order chi connectivity index (χ0) is 14.5. The molecule has 1 aromatic heterocycles. The lowest BCUT2D eigenvalue weighted by Gasteiger charge is -2.35. The van der Waals surface area contributed by atoms with Gasteiger partial charge in [0, 0.05) is 51.3 Å². The zero-order valence-corrected chi connectivity index (χ0v) is 13.6. The van der Waals surface area contributed by atoms with Gasteiger partial charge in [-0.3, -0.25) is 4.90 Å². The SMILES string of the molecule is COCc1nc(N2CCN(CC(C)C)CC2)sc1CN. The number of thiazole rings is 1. The molecule has 2 heterocycles. The molecule has 0 aliphatic carbocycles. The van der Waals surface area contributed by atoms with Crippen molar-refractivity contribution in [3.63, 3.8) is 0 Å². The van der Waals surface area contributed by atoms with E-state index in [4.69, 9.17) is 15.5 Å². The first-order valence-electron chi connectivity index (χ1n) is 7.29. The first-order valence-corrected chi connectivity index (χ1v) is 8.10. The number of ether oxygens (including phenoxy) is 1. The summed E-state index contributed by atoms with van der Waals surface area (Å²) in [5.41, 5.74) is 6.79. The van der Waals surface area contributed by atoms with Crippen molar-refractivity contribution in [2.75, 3.05) is 44.7 Å². The minimum absolute atomic E-state index is 0.545. The highest BCUT2D eigenvalue weighted by molar-refractivity contribution is 7.15. The summed E-state index contributed by atoms with van der Waals surface area (Å²) in [4.78, 5) is 10.8. The Labute approximate surface area is 125 Å². The Morgan fingerprint density at radius 3 is 2.55 bits per heavy atom. The van der Waals surface area contributed by atoms with E-state index in [-0.39, 0.29) is 0 Å². The molecule has 5 nitrogen and oxygen atoms in total. The van der Waals surface area contributed by atoms with Crippen LogP contribution in [0.1, 0.15) is 24.4 Å². The molecule has 0 unspecified atom stereocenters. The van der Waals surface area contributed by atoms with Crippen molar-refractivity contribution in [3.8, 4) is 0 Å². The normalized spacial score (nSPS) is 17.1. The predicted molar refractivity (Wildman–Crippen MR) is 84.2 cm³/mol. The molecule has 1 aromatic rings. The highest BCUT2D eigenvalue weighted by atomic mass is 32.1. The molecule has 0 aromatic carbocycles.